The molecule has 0 aliphatic carbocycles. The van der Waals surface area contributed by atoms with Gasteiger partial charge in [-0.05, 0) is 42.2 Å². The van der Waals surface area contributed by atoms with Gasteiger partial charge in [0.1, 0.15) is 0 Å². The van der Waals surface area contributed by atoms with E-state index in [1.54, 1.807) is 6.20 Å². The number of pyridine rings is 1. The van der Waals surface area contributed by atoms with E-state index in [2.05, 4.69) is 48.1 Å². The molecular weight excluding hydrogens is 274 g/mol. The number of rotatable bonds is 2. The van der Waals surface area contributed by atoms with Gasteiger partial charge in [-0.15, -0.1) is 10.2 Å². The summed E-state index contributed by atoms with van der Waals surface area (Å²) in [7, 11) is 0. The highest BCUT2D eigenvalue weighted by Crippen LogP contribution is 2.27. The molecule has 2 heterocycles. The smallest absolute Gasteiger partial charge is 0.249 e. The molecule has 3 aromatic rings. The lowest BCUT2D eigenvalue weighted by molar-refractivity contribution is 0.581. The van der Waals surface area contributed by atoms with Crippen LogP contribution in [-0.2, 0) is 5.41 Å². The predicted octanol–water partition coefficient (Wildman–Crippen LogP) is 4.40. The molecule has 112 valence electrons. The van der Waals surface area contributed by atoms with E-state index in [0.29, 0.717) is 11.8 Å². The predicted molar refractivity (Wildman–Crippen MR) is 86.4 cm³/mol. The summed E-state index contributed by atoms with van der Waals surface area (Å²) in [5.74, 6) is 1.01. The average Bonchev–Trinajstić information content (AvgIpc) is 2.97. The second-order valence-electron chi connectivity index (χ2n) is 6.43. The number of hydrogen-bond acceptors (Lipinski definition) is 4. The molecule has 4 heteroatoms. The molecule has 0 saturated carbocycles. The average molecular weight is 293 g/mol. The molecule has 0 fully saturated rings. The van der Waals surface area contributed by atoms with Crippen molar-refractivity contribution in [2.45, 2.75) is 33.1 Å². The van der Waals surface area contributed by atoms with Crippen LogP contribution in [-0.4, -0.2) is 15.2 Å². The Balaban J connectivity index is 1.89. The summed E-state index contributed by atoms with van der Waals surface area (Å²) in [4.78, 5) is 4.25. The van der Waals surface area contributed by atoms with Crippen molar-refractivity contribution in [2.75, 3.05) is 0 Å². The fraction of sp³-hybridized carbons (Fsp3) is 0.278. The first-order valence-electron chi connectivity index (χ1n) is 7.31. The number of aromatic nitrogens is 3. The standard InChI is InChI=1S/C18H19N3O/c1-12-5-6-14(11-19-12)17-21-20-16(22-17)13-7-9-15(10-8-13)18(2,3)4/h5-11H,1-4H3. The Morgan fingerprint density at radius 1 is 0.818 bits per heavy atom. The van der Waals surface area contributed by atoms with E-state index in [9.17, 15) is 0 Å². The van der Waals surface area contributed by atoms with E-state index in [1.807, 2.05) is 31.2 Å². The van der Waals surface area contributed by atoms with Crippen LogP contribution in [0.2, 0.25) is 0 Å². The van der Waals surface area contributed by atoms with E-state index in [0.717, 1.165) is 16.8 Å². The SMILES string of the molecule is Cc1ccc(-c2nnc(-c3ccc(C(C)(C)C)cc3)o2)cn1. The molecule has 0 radical (unpaired) electrons. The first-order valence-corrected chi connectivity index (χ1v) is 7.31. The van der Waals surface area contributed by atoms with Gasteiger partial charge in [-0.3, -0.25) is 4.98 Å². The highest BCUT2D eigenvalue weighted by Gasteiger charge is 2.15. The number of hydrogen-bond donors (Lipinski definition) is 0. The summed E-state index contributed by atoms with van der Waals surface area (Å²) < 4.78 is 5.76. The maximum atomic E-state index is 5.76. The van der Waals surface area contributed by atoms with Crippen molar-refractivity contribution in [3.05, 3.63) is 53.9 Å². The van der Waals surface area contributed by atoms with Crippen molar-refractivity contribution < 1.29 is 4.42 Å². The third-order valence-corrected chi connectivity index (χ3v) is 3.58. The van der Waals surface area contributed by atoms with E-state index < -0.39 is 0 Å². The Labute approximate surface area is 130 Å². The van der Waals surface area contributed by atoms with Gasteiger partial charge in [0, 0.05) is 17.5 Å². The molecule has 2 aromatic heterocycles. The molecule has 4 nitrogen and oxygen atoms in total. The van der Waals surface area contributed by atoms with E-state index in [4.69, 9.17) is 4.42 Å². The van der Waals surface area contributed by atoms with Gasteiger partial charge in [-0.1, -0.05) is 32.9 Å². The number of aryl methyl sites for hydroxylation is 1. The van der Waals surface area contributed by atoms with Crippen LogP contribution < -0.4 is 0 Å². The summed E-state index contributed by atoms with van der Waals surface area (Å²) in [6.45, 7) is 8.52. The van der Waals surface area contributed by atoms with Crippen LogP contribution in [0.1, 0.15) is 32.0 Å². The Morgan fingerprint density at radius 3 is 1.95 bits per heavy atom. The first-order chi connectivity index (χ1) is 10.4. The second kappa shape index (κ2) is 5.37. The van der Waals surface area contributed by atoms with Crippen LogP contribution in [0, 0.1) is 6.92 Å². The maximum absolute atomic E-state index is 5.76. The molecule has 0 amide bonds. The molecule has 3 rings (SSSR count). The van der Waals surface area contributed by atoms with Crippen LogP contribution in [0.3, 0.4) is 0 Å². The fourth-order valence-electron chi connectivity index (χ4n) is 2.16. The van der Waals surface area contributed by atoms with Crippen LogP contribution in [0.5, 0.6) is 0 Å². The molecule has 0 unspecified atom stereocenters. The summed E-state index contributed by atoms with van der Waals surface area (Å²) in [6.07, 6.45) is 1.75. The summed E-state index contributed by atoms with van der Waals surface area (Å²) in [5.41, 5.74) is 4.12. The normalized spacial score (nSPS) is 11.6. The third-order valence-electron chi connectivity index (χ3n) is 3.58. The lowest BCUT2D eigenvalue weighted by Gasteiger charge is -2.18. The Morgan fingerprint density at radius 2 is 1.41 bits per heavy atom. The summed E-state index contributed by atoms with van der Waals surface area (Å²) in [6, 6.07) is 12.1. The Kier molecular flexibility index (Phi) is 3.53. The molecule has 0 spiro atoms. The van der Waals surface area contributed by atoms with Gasteiger partial charge >= 0.3 is 0 Å². The van der Waals surface area contributed by atoms with E-state index in [1.165, 1.54) is 5.56 Å². The second-order valence-corrected chi connectivity index (χ2v) is 6.43. The fourth-order valence-corrected chi connectivity index (χ4v) is 2.16. The Bertz CT molecular complexity index is 765. The summed E-state index contributed by atoms with van der Waals surface area (Å²) in [5, 5.41) is 8.24. The van der Waals surface area contributed by atoms with Crippen molar-refractivity contribution in [2.24, 2.45) is 0 Å². The lowest BCUT2D eigenvalue weighted by atomic mass is 9.87. The third kappa shape index (κ3) is 2.91. The molecule has 0 aliphatic rings. The van der Waals surface area contributed by atoms with Crippen LogP contribution in [0.15, 0.2) is 47.0 Å². The lowest BCUT2D eigenvalue weighted by Crippen LogP contribution is -2.10. The summed E-state index contributed by atoms with van der Waals surface area (Å²) >= 11 is 0. The Hall–Kier alpha value is -2.49. The molecule has 0 saturated heterocycles. The monoisotopic (exact) mass is 293 g/mol. The van der Waals surface area contributed by atoms with Gasteiger partial charge in [0.15, 0.2) is 0 Å². The topological polar surface area (TPSA) is 51.8 Å². The molecular formula is C18H19N3O. The minimum Gasteiger partial charge on any atom is -0.416 e. The molecule has 0 aliphatic heterocycles. The van der Waals surface area contributed by atoms with Crippen molar-refractivity contribution in [1.82, 2.24) is 15.2 Å². The highest BCUT2D eigenvalue weighted by molar-refractivity contribution is 5.57. The van der Waals surface area contributed by atoms with Gasteiger partial charge in [-0.25, -0.2) is 0 Å². The van der Waals surface area contributed by atoms with Gasteiger partial charge < -0.3 is 4.42 Å². The zero-order chi connectivity index (χ0) is 15.7. The zero-order valence-electron chi connectivity index (χ0n) is 13.3. The van der Waals surface area contributed by atoms with Crippen LogP contribution >= 0.6 is 0 Å². The van der Waals surface area contributed by atoms with Crippen molar-refractivity contribution in [3.8, 4) is 22.9 Å². The molecule has 22 heavy (non-hydrogen) atoms. The van der Waals surface area contributed by atoms with Crippen LogP contribution in [0.25, 0.3) is 22.9 Å². The largest absolute Gasteiger partial charge is 0.416 e. The molecule has 1 aromatic carbocycles. The molecule has 0 bridgehead atoms. The highest BCUT2D eigenvalue weighted by atomic mass is 16.4. The number of nitrogens with zero attached hydrogens (tertiary/aromatic N) is 3. The van der Waals surface area contributed by atoms with Gasteiger partial charge in [0.25, 0.3) is 0 Å². The van der Waals surface area contributed by atoms with Crippen molar-refractivity contribution in [3.63, 3.8) is 0 Å². The van der Waals surface area contributed by atoms with Crippen LogP contribution in [0.4, 0.5) is 0 Å². The van der Waals surface area contributed by atoms with Gasteiger partial charge in [0.2, 0.25) is 11.8 Å². The van der Waals surface area contributed by atoms with E-state index >= 15 is 0 Å². The quantitative estimate of drug-likeness (QED) is 0.702. The van der Waals surface area contributed by atoms with E-state index in [-0.39, 0.29) is 5.41 Å². The van der Waals surface area contributed by atoms with Crippen molar-refractivity contribution >= 4 is 0 Å². The zero-order valence-corrected chi connectivity index (χ0v) is 13.3. The van der Waals surface area contributed by atoms with Gasteiger partial charge in [-0.2, -0.15) is 0 Å². The molecule has 0 atom stereocenters. The van der Waals surface area contributed by atoms with Gasteiger partial charge in [0.05, 0.1) is 5.56 Å². The minimum atomic E-state index is 0.131. The maximum Gasteiger partial charge on any atom is 0.249 e. The first kappa shape index (κ1) is 14.4. The van der Waals surface area contributed by atoms with Crippen molar-refractivity contribution in [1.29, 1.82) is 0 Å². The molecule has 0 N–H and O–H groups in total. The number of benzene rings is 1. The minimum absolute atomic E-state index is 0.131.